The summed E-state index contributed by atoms with van der Waals surface area (Å²) >= 11 is 6.00. The van der Waals surface area contributed by atoms with Gasteiger partial charge in [0.1, 0.15) is 12.2 Å². The summed E-state index contributed by atoms with van der Waals surface area (Å²) in [6.07, 6.45) is 1.36. The number of carbonyl (C=O) groups excluding carboxylic acids is 3. The molecule has 4 amide bonds. The first-order valence-corrected chi connectivity index (χ1v) is 11.5. The number of nitrogens with zero attached hydrogens (tertiary/aromatic N) is 1. The molecule has 0 aliphatic carbocycles. The Kier molecular flexibility index (Phi) is 7.55. The van der Waals surface area contributed by atoms with Crippen LogP contribution < -0.4 is 19.7 Å². The van der Waals surface area contributed by atoms with Crippen molar-refractivity contribution in [3.05, 3.63) is 94.0 Å². The topological polar surface area (TPSA) is 122 Å². The van der Waals surface area contributed by atoms with Crippen molar-refractivity contribution in [2.45, 2.75) is 13.5 Å². The highest BCUT2D eigenvalue weighted by Gasteiger charge is 2.36. The second-order valence-electron chi connectivity index (χ2n) is 7.87. The third kappa shape index (κ3) is 5.79. The van der Waals surface area contributed by atoms with E-state index in [9.17, 15) is 19.2 Å². The number of carboxylic acid groups (broad SMARTS) is 1. The van der Waals surface area contributed by atoms with Gasteiger partial charge < -0.3 is 14.6 Å². The maximum Gasteiger partial charge on any atom is 0.335 e. The number of urea groups is 1. The molecule has 9 nitrogen and oxygen atoms in total. The second kappa shape index (κ2) is 11.0. The monoisotopic (exact) mass is 520 g/mol. The number of ether oxygens (including phenoxy) is 2. The van der Waals surface area contributed by atoms with E-state index in [2.05, 4.69) is 5.32 Å². The maximum atomic E-state index is 13.1. The van der Waals surface area contributed by atoms with Gasteiger partial charge in [-0.3, -0.25) is 14.9 Å². The normalized spacial score (nSPS) is 14.5. The molecule has 0 atom stereocenters. The molecule has 1 heterocycles. The van der Waals surface area contributed by atoms with Crippen molar-refractivity contribution in [2.24, 2.45) is 0 Å². The van der Waals surface area contributed by atoms with Crippen LogP contribution in [0.1, 0.15) is 28.4 Å². The molecular weight excluding hydrogens is 500 g/mol. The van der Waals surface area contributed by atoms with Crippen molar-refractivity contribution in [3.8, 4) is 11.5 Å². The average Bonchev–Trinajstić information content (AvgIpc) is 2.86. The molecule has 0 bridgehead atoms. The van der Waals surface area contributed by atoms with E-state index in [4.69, 9.17) is 26.2 Å². The smallest absolute Gasteiger partial charge is 0.335 e. The summed E-state index contributed by atoms with van der Waals surface area (Å²) in [6.45, 7) is 2.30. The summed E-state index contributed by atoms with van der Waals surface area (Å²) in [5, 5.41) is 11.5. The Hall–Kier alpha value is -4.63. The lowest BCUT2D eigenvalue weighted by Crippen LogP contribution is -2.54. The number of carbonyl (C=O) groups is 4. The zero-order valence-electron chi connectivity index (χ0n) is 19.6. The fourth-order valence-electron chi connectivity index (χ4n) is 3.58. The van der Waals surface area contributed by atoms with Crippen molar-refractivity contribution in [1.29, 1.82) is 0 Å². The first-order chi connectivity index (χ1) is 17.8. The third-order valence-corrected chi connectivity index (χ3v) is 5.58. The number of hydrogen-bond donors (Lipinski definition) is 2. The minimum Gasteiger partial charge on any atom is -0.490 e. The summed E-state index contributed by atoms with van der Waals surface area (Å²) in [4.78, 5) is 49.9. The van der Waals surface area contributed by atoms with Crippen molar-refractivity contribution in [2.75, 3.05) is 11.5 Å². The molecule has 0 aromatic heterocycles. The number of benzene rings is 3. The molecule has 3 aromatic rings. The Bertz CT molecular complexity index is 1420. The van der Waals surface area contributed by atoms with E-state index >= 15 is 0 Å². The van der Waals surface area contributed by atoms with Crippen LogP contribution in [0, 0.1) is 0 Å². The number of amides is 4. The van der Waals surface area contributed by atoms with Gasteiger partial charge in [-0.15, -0.1) is 0 Å². The maximum absolute atomic E-state index is 13.1. The van der Waals surface area contributed by atoms with Crippen molar-refractivity contribution < 1.29 is 33.8 Å². The quantitative estimate of drug-likeness (QED) is 0.326. The Morgan fingerprint density at radius 1 is 1.00 bits per heavy atom. The van der Waals surface area contributed by atoms with Gasteiger partial charge in [0.25, 0.3) is 11.8 Å². The van der Waals surface area contributed by atoms with Gasteiger partial charge in [0, 0.05) is 5.02 Å². The van der Waals surface area contributed by atoms with E-state index in [1.807, 2.05) is 0 Å². The van der Waals surface area contributed by atoms with E-state index in [0.717, 1.165) is 10.5 Å². The Balaban J connectivity index is 1.58. The molecule has 3 aromatic carbocycles. The molecule has 10 heteroatoms. The molecular formula is C27H21ClN2O7. The highest BCUT2D eigenvalue weighted by atomic mass is 35.5. The van der Waals surface area contributed by atoms with Crippen LogP contribution in [-0.4, -0.2) is 35.5 Å². The van der Waals surface area contributed by atoms with Crippen LogP contribution in [0.25, 0.3) is 6.08 Å². The van der Waals surface area contributed by atoms with Crippen LogP contribution in [0.15, 0.2) is 72.3 Å². The van der Waals surface area contributed by atoms with Crippen molar-refractivity contribution in [3.63, 3.8) is 0 Å². The number of hydrogen-bond acceptors (Lipinski definition) is 6. The number of imide groups is 2. The minimum atomic E-state index is -1.01. The van der Waals surface area contributed by atoms with E-state index in [0.29, 0.717) is 28.7 Å². The van der Waals surface area contributed by atoms with E-state index in [1.165, 1.54) is 30.3 Å². The lowest BCUT2D eigenvalue weighted by molar-refractivity contribution is -0.122. The van der Waals surface area contributed by atoms with Gasteiger partial charge in [0.15, 0.2) is 11.5 Å². The van der Waals surface area contributed by atoms with Gasteiger partial charge in [-0.2, -0.15) is 0 Å². The Labute approximate surface area is 216 Å². The van der Waals surface area contributed by atoms with Crippen LogP contribution in [0.3, 0.4) is 0 Å². The lowest BCUT2D eigenvalue weighted by Gasteiger charge is -2.26. The Morgan fingerprint density at radius 2 is 1.76 bits per heavy atom. The molecule has 1 aliphatic heterocycles. The third-order valence-electron chi connectivity index (χ3n) is 5.34. The number of aromatic carboxylic acids is 1. The lowest BCUT2D eigenvalue weighted by atomic mass is 10.1. The summed E-state index contributed by atoms with van der Waals surface area (Å²) in [5.74, 6) is -1.83. The van der Waals surface area contributed by atoms with Crippen molar-refractivity contribution >= 4 is 47.2 Å². The summed E-state index contributed by atoms with van der Waals surface area (Å²) < 4.78 is 11.5. The Morgan fingerprint density at radius 3 is 2.43 bits per heavy atom. The molecule has 1 aliphatic rings. The van der Waals surface area contributed by atoms with Gasteiger partial charge in [-0.25, -0.2) is 14.5 Å². The van der Waals surface area contributed by atoms with Gasteiger partial charge in [0.05, 0.1) is 17.9 Å². The van der Waals surface area contributed by atoms with Gasteiger partial charge >= 0.3 is 12.0 Å². The number of nitrogens with one attached hydrogen (secondary N) is 1. The molecule has 1 fully saturated rings. The molecule has 1 saturated heterocycles. The fraction of sp³-hybridized carbons (Fsp3) is 0.111. The zero-order valence-corrected chi connectivity index (χ0v) is 20.3. The molecule has 0 unspecified atom stereocenters. The van der Waals surface area contributed by atoms with Gasteiger partial charge in [0.2, 0.25) is 0 Å². The summed E-state index contributed by atoms with van der Waals surface area (Å²) in [6, 6.07) is 16.5. The zero-order chi connectivity index (χ0) is 26.5. The number of anilines is 1. The average molecular weight is 521 g/mol. The first kappa shape index (κ1) is 25.5. The SMILES string of the molecule is CCOc1cc(/C=C2\C(=O)NC(=O)N(c3cccc(Cl)c3)C2=O)ccc1OCc1ccc(C(=O)O)cc1. The summed E-state index contributed by atoms with van der Waals surface area (Å²) in [5.41, 5.74) is 1.39. The van der Waals surface area contributed by atoms with Gasteiger partial charge in [-0.1, -0.05) is 35.9 Å². The van der Waals surface area contributed by atoms with Gasteiger partial charge in [-0.05, 0) is 66.6 Å². The molecule has 2 N–H and O–H groups in total. The summed E-state index contributed by atoms with van der Waals surface area (Å²) in [7, 11) is 0. The fourth-order valence-corrected chi connectivity index (χ4v) is 3.76. The minimum absolute atomic E-state index is 0.165. The largest absolute Gasteiger partial charge is 0.490 e. The number of barbiturate groups is 1. The van der Waals surface area contributed by atoms with E-state index in [1.54, 1.807) is 49.4 Å². The van der Waals surface area contributed by atoms with E-state index in [-0.39, 0.29) is 23.4 Å². The first-order valence-electron chi connectivity index (χ1n) is 11.2. The predicted molar refractivity (Wildman–Crippen MR) is 136 cm³/mol. The number of rotatable bonds is 8. The van der Waals surface area contributed by atoms with Crippen molar-refractivity contribution in [1.82, 2.24) is 5.32 Å². The molecule has 0 saturated carbocycles. The van der Waals surface area contributed by atoms with Crippen LogP contribution in [0.5, 0.6) is 11.5 Å². The second-order valence-corrected chi connectivity index (χ2v) is 8.30. The number of halogens is 1. The molecule has 0 spiro atoms. The molecule has 188 valence electrons. The standard InChI is InChI=1S/C27H21ClN2O7/c1-2-36-23-13-17(8-11-22(23)37-15-16-6-9-18(10-7-16)26(33)34)12-21-24(31)29-27(35)30(25(21)32)20-5-3-4-19(28)14-20/h3-14H,2,15H2,1H3,(H,33,34)(H,29,31,35)/b21-12+. The van der Waals surface area contributed by atoms with Crippen LogP contribution in [-0.2, 0) is 16.2 Å². The highest BCUT2D eigenvalue weighted by molar-refractivity contribution is 6.39. The van der Waals surface area contributed by atoms with Crippen LogP contribution >= 0.6 is 11.6 Å². The van der Waals surface area contributed by atoms with Crippen LogP contribution in [0.4, 0.5) is 10.5 Å². The number of carboxylic acids is 1. The predicted octanol–water partition coefficient (Wildman–Crippen LogP) is 4.68. The molecule has 4 rings (SSSR count). The molecule has 0 radical (unpaired) electrons. The molecule has 37 heavy (non-hydrogen) atoms. The highest BCUT2D eigenvalue weighted by Crippen LogP contribution is 2.31. The van der Waals surface area contributed by atoms with E-state index < -0.39 is 23.8 Å². The van der Waals surface area contributed by atoms with Crippen LogP contribution in [0.2, 0.25) is 5.02 Å².